The van der Waals surface area contributed by atoms with Crippen molar-refractivity contribution in [2.45, 2.75) is 68.3 Å². The van der Waals surface area contributed by atoms with E-state index in [0.717, 1.165) is 12.1 Å². The van der Waals surface area contributed by atoms with Crippen molar-refractivity contribution < 1.29 is 73.7 Å². The van der Waals surface area contributed by atoms with Gasteiger partial charge in [-0.1, -0.05) is 0 Å². The van der Waals surface area contributed by atoms with Crippen molar-refractivity contribution in [1.29, 1.82) is 0 Å². The highest BCUT2D eigenvalue weighted by atomic mass is 16.8. The summed E-state index contributed by atoms with van der Waals surface area (Å²) in [7, 11) is 2.65. The number of aliphatic hydroxyl groups is 6. The number of fused-ring (bicyclic) bond motifs is 1. The maximum atomic E-state index is 13.0. The van der Waals surface area contributed by atoms with Gasteiger partial charge >= 0.3 is 0 Å². The molecule has 3 heterocycles. The number of ether oxygens (including phenoxy) is 6. The zero-order chi connectivity index (χ0) is 32.7. The van der Waals surface area contributed by atoms with Crippen molar-refractivity contribution in [3.8, 4) is 40.1 Å². The second-order valence-electron chi connectivity index (χ2n) is 10.6. The Labute approximate surface area is 254 Å². The average Bonchev–Trinajstić information content (AvgIpc) is 3.01. The number of hydrogen-bond donors (Lipinski definition) is 8. The highest BCUT2D eigenvalue weighted by Crippen LogP contribution is 2.41. The monoisotopic (exact) mass is 638 g/mol. The third-order valence-corrected chi connectivity index (χ3v) is 7.72. The summed E-state index contributed by atoms with van der Waals surface area (Å²) in [5.74, 6) is -0.912. The SMILES string of the molecule is COc1cc(-c2cc(=O)c3c(O)cc(O[C@@H]4OC(CO)[C@@H](O)[C@H](O)C4O[C@@H]4OC(C)[C@H](O)[C@H](O)C4O)cc3o2)cc(OC)c1O. The highest BCUT2D eigenvalue weighted by Gasteiger charge is 2.51. The maximum Gasteiger partial charge on any atom is 0.229 e. The van der Waals surface area contributed by atoms with Crippen LogP contribution in [0.4, 0.5) is 0 Å². The second kappa shape index (κ2) is 13.0. The molecule has 8 N–H and O–H groups in total. The van der Waals surface area contributed by atoms with Gasteiger partial charge in [0.05, 0.1) is 26.9 Å². The molecule has 10 atom stereocenters. The van der Waals surface area contributed by atoms with Crippen LogP contribution in [-0.2, 0) is 14.2 Å². The van der Waals surface area contributed by atoms with E-state index in [2.05, 4.69) is 0 Å². The molecule has 246 valence electrons. The van der Waals surface area contributed by atoms with Gasteiger partial charge in [0, 0.05) is 23.8 Å². The number of aliphatic hydroxyl groups excluding tert-OH is 6. The lowest BCUT2D eigenvalue weighted by molar-refractivity contribution is -0.354. The topological polar surface area (TPSA) is 247 Å². The quantitative estimate of drug-likeness (QED) is 0.146. The molecule has 0 radical (unpaired) electrons. The summed E-state index contributed by atoms with van der Waals surface area (Å²) in [5, 5.41) is 82.5. The molecule has 1 aromatic heterocycles. The largest absolute Gasteiger partial charge is 0.507 e. The van der Waals surface area contributed by atoms with Gasteiger partial charge in [-0.15, -0.1) is 0 Å². The fourth-order valence-electron chi connectivity index (χ4n) is 5.20. The Morgan fingerprint density at radius 1 is 0.800 bits per heavy atom. The molecule has 45 heavy (non-hydrogen) atoms. The van der Waals surface area contributed by atoms with Crippen LogP contribution in [0.15, 0.2) is 39.5 Å². The van der Waals surface area contributed by atoms with Crippen LogP contribution in [0.3, 0.4) is 0 Å². The molecule has 5 rings (SSSR count). The van der Waals surface area contributed by atoms with Crippen LogP contribution < -0.4 is 19.6 Å². The first-order valence-electron chi connectivity index (χ1n) is 13.8. The molecule has 2 aliphatic heterocycles. The lowest BCUT2D eigenvalue weighted by Gasteiger charge is -2.45. The molecule has 2 fully saturated rings. The van der Waals surface area contributed by atoms with E-state index in [1.54, 1.807) is 0 Å². The summed E-state index contributed by atoms with van der Waals surface area (Å²) in [6.07, 6.45) is -15.6. The Kier molecular flexibility index (Phi) is 9.41. The van der Waals surface area contributed by atoms with E-state index in [1.165, 1.54) is 39.3 Å². The number of aromatic hydroxyl groups is 2. The first-order valence-corrected chi connectivity index (χ1v) is 13.8. The zero-order valence-corrected chi connectivity index (χ0v) is 24.2. The van der Waals surface area contributed by atoms with Gasteiger partial charge in [0.2, 0.25) is 12.0 Å². The summed E-state index contributed by atoms with van der Waals surface area (Å²) < 4.78 is 38.9. The van der Waals surface area contributed by atoms with Gasteiger partial charge in [0.1, 0.15) is 64.9 Å². The minimum Gasteiger partial charge on any atom is -0.507 e. The molecule has 16 nitrogen and oxygen atoms in total. The molecule has 3 aromatic rings. The van der Waals surface area contributed by atoms with E-state index in [9.17, 15) is 45.6 Å². The number of phenols is 2. The van der Waals surface area contributed by atoms with Crippen molar-refractivity contribution in [2.75, 3.05) is 20.8 Å². The Morgan fingerprint density at radius 3 is 2.09 bits per heavy atom. The predicted octanol–water partition coefficient (Wildman–Crippen LogP) is -1.08. The Hall–Kier alpha value is -3.71. The summed E-state index contributed by atoms with van der Waals surface area (Å²) in [6, 6.07) is 6.22. The fraction of sp³-hybridized carbons (Fsp3) is 0.483. The minimum atomic E-state index is -1.78. The van der Waals surface area contributed by atoms with Crippen molar-refractivity contribution in [2.24, 2.45) is 0 Å². The predicted molar refractivity (Wildman–Crippen MR) is 150 cm³/mol. The molecular formula is C29H34O16. The number of rotatable bonds is 8. The fourth-order valence-corrected chi connectivity index (χ4v) is 5.20. The Morgan fingerprint density at radius 2 is 1.47 bits per heavy atom. The molecule has 4 unspecified atom stereocenters. The number of hydrogen-bond acceptors (Lipinski definition) is 16. The number of benzene rings is 2. The van der Waals surface area contributed by atoms with Crippen molar-refractivity contribution in [3.63, 3.8) is 0 Å². The molecule has 0 aliphatic carbocycles. The van der Waals surface area contributed by atoms with Crippen molar-refractivity contribution >= 4 is 11.0 Å². The summed E-state index contributed by atoms with van der Waals surface area (Å²) in [5.41, 5.74) is -0.498. The van der Waals surface area contributed by atoms with Gasteiger partial charge in [-0.3, -0.25) is 4.79 Å². The van der Waals surface area contributed by atoms with Crippen LogP contribution in [0, 0.1) is 0 Å². The molecule has 0 amide bonds. The highest BCUT2D eigenvalue weighted by molar-refractivity contribution is 5.86. The molecule has 2 saturated heterocycles. The lowest BCUT2D eigenvalue weighted by Crippen LogP contribution is -2.64. The minimum absolute atomic E-state index is 0.00738. The molecular weight excluding hydrogens is 604 g/mol. The first-order chi connectivity index (χ1) is 21.4. The zero-order valence-electron chi connectivity index (χ0n) is 24.2. The van der Waals surface area contributed by atoms with Gasteiger partial charge in [-0.25, -0.2) is 0 Å². The molecule has 0 spiro atoms. The molecule has 0 bridgehead atoms. The van der Waals surface area contributed by atoms with Crippen LogP contribution in [0.5, 0.6) is 28.7 Å². The van der Waals surface area contributed by atoms with Crippen molar-refractivity contribution in [3.05, 3.63) is 40.6 Å². The Balaban J connectivity index is 1.50. The molecule has 0 saturated carbocycles. The van der Waals surface area contributed by atoms with E-state index in [4.69, 9.17) is 32.8 Å². The third kappa shape index (κ3) is 6.11. The van der Waals surface area contributed by atoms with E-state index < -0.39 is 79.2 Å². The van der Waals surface area contributed by atoms with Gasteiger partial charge in [-0.05, 0) is 19.1 Å². The third-order valence-electron chi connectivity index (χ3n) is 7.72. The van der Waals surface area contributed by atoms with Crippen LogP contribution in [0.25, 0.3) is 22.3 Å². The van der Waals surface area contributed by atoms with Gasteiger partial charge in [0.25, 0.3) is 0 Å². The van der Waals surface area contributed by atoms with Gasteiger partial charge in [-0.2, -0.15) is 0 Å². The van der Waals surface area contributed by atoms with Crippen LogP contribution >= 0.6 is 0 Å². The lowest BCUT2D eigenvalue weighted by atomic mass is 9.97. The smallest absolute Gasteiger partial charge is 0.229 e. The van der Waals surface area contributed by atoms with Gasteiger partial charge in [0.15, 0.2) is 29.3 Å². The first kappa shape index (κ1) is 32.7. The Bertz CT molecular complexity index is 1550. The van der Waals surface area contributed by atoms with Crippen LogP contribution in [0.2, 0.25) is 0 Å². The molecule has 16 heteroatoms. The standard InChI is InChI=1S/C29H34O16/c1-10-21(33)24(36)26(38)28(41-10)45-27-25(37)23(35)19(9-30)44-29(27)42-12-6-13(31)20-14(32)8-15(43-16(20)7-12)11-4-17(39-2)22(34)18(5-11)40-3/h4-8,10,19,21,23-31,33-38H,9H2,1-3H3/t10?,19?,21-,23+,24-,25-,26?,27?,28-,29+/m0/s1. The average molecular weight is 639 g/mol. The summed E-state index contributed by atoms with van der Waals surface area (Å²) in [4.78, 5) is 13.0. The van der Waals surface area contributed by atoms with E-state index in [0.29, 0.717) is 0 Å². The van der Waals surface area contributed by atoms with E-state index in [-0.39, 0.29) is 45.3 Å². The van der Waals surface area contributed by atoms with Gasteiger partial charge < -0.3 is 73.7 Å². The van der Waals surface area contributed by atoms with Crippen LogP contribution in [-0.4, -0.2) is 123 Å². The number of phenolic OH excluding ortho intramolecular Hbond substituents is 2. The normalized spacial score (nSPS) is 31.9. The summed E-state index contributed by atoms with van der Waals surface area (Å²) in [6.45, 7) is 0.675. The second-order valence-corrected chi connectivity index (χ2v) is 10.6. The molecule has 2 aliphatic rings. The van der Waals surface area contributed by atoms with E-state index >= 15 is 0 Å². The maximum absolute atomic E-state index is 13.0. The van der Waals surface area contributed by atoms with Crippen LogP contribution in [0.1, 0.15) is 6.92 Å². The summed E-state index contributed by atoms with van der Waals surface area (Å²) >= 11 is 0. The van der Waals surface area contributed by atoms with Crippen molar-refractivity contribution in [1.82, 2.24) is 0 Å². The van der Waals surface area contributed by atoms with E-state index in [1.807, 2.05) is 0 Å². The number of methoxy groups -OCH3 is 2. The molecule has 2 aromatic carbocycles.